The monoisotopic (exact) mass is 337 g/mol. The summed E-state index contributed by atoms with van der Waals surface area (Å²) in [5.74, 6) is -0.104. The number of unbranched alkanes of at least 4 members (excludes halogenated alkanes) is 1. The Labute approximate surface area is 138 Å². The molecule has 0 aliphatic heterocycles. The van der Waals surface area contributed by atoms with Gasteiger partial charge in [-0.1, -0.05) is 31.5 Å². The second-order valence-corrected chi connectivity index (χ2v) is 5.23. The van der Waals surface area contributed by atoms with E-state index in [1.165, 1.54) is 30.3 Å². The zero-order chi connectivity index (χ0) is 17.6. The van der Waals surface area contributed by atoms with E-state index in [9.17, 15) is 18.0 Å². The summed E-state index contributed by atoms with van der Waals surface area (Å²) in [6, 6.07) is 11.2. The highest BCUT2D eigenvalue weighted by atomic mass is 19.4. The van der Waals surface area contributed by atoms with Crippen LogP contribution in [-0.4, -0.2) is 12.5 Å². The van der Waals surface area contributed by atoms with Gasteiger partial charge >= 0.3 is 6.18 Å². The van der Waals surface area contributed by atoms with Crippen molar-refractivity contribution in [1.29, 1.82) is 0 Å². The van der Waals surface area contributed by atoms with Crippen molar-refractivity contribution in [2.45, 2.75) is 25.9 Å². The Morgan fingerprint density at radius 3 is 2.58 bits per heavy atom. The number of alkyl halides is 3. The molecule has 0 bridgehead atoms. The lowest BCUT2D eigenvalue weighted by Crippen LogP contribution is -2.16. The highest BCUT2D eigenvalue weighted by molar-refractivity contribution is 6.04. The summed E-state index contributed by atoms with van der Waals surface area (Å²) >= 11 is 0. The van der Waals surface area contributed by atoms with Crippen LogP contribution in [0, 0.1) is 0 Å². The summed E-state index contributed by atoms with van der Waals surface area (Å²) in [6.07, 6.45) is -2.67. The Kier molecular flexibility index (Phi) is 5.84. The van der Waals surface area contributed by atoms with Crippen molar-refractivity contribution in [2.24, 2.45) is 0 Å². The molecule has 2 aromatic carbocycles. The van der Waals surface area contributed by atoms with E-state index in [0.717, 1.165) is 18.9 Å². The highest BCUT2D eigenvalue weighted by Gasteiger charge is 2.33. The Morgan fingerprint density at radius 1 is 1.12 bits per heavy atom. The quantitative estimate of drug-likeness (QED) is 0.742. The third-order valence-corrected chi connectivity index (χ3v) is 3.34. The summed E-state index contributed by atoms with van der Waals surface area (Å²) in [7, 11) is 0. The van der Waals surface area contributed by atoms with Gasteiger partial charge in [0.15, 0.2) is 0 Å². The number of hydrogen-bond donors (Lipinski definition) is 1. The third-order valence-electron chi connectivity index (χ3n) is 3.34. The van der Waals surface area contributed by atoms with Crippen molar-refractivity contribution in [3.05, 3.63) is 59.7 Å². The summed E-state index contributed by atoms with van der Waals surface area (Å²) in [5.41, 5.74) is -0.915. The van der Waals surface area contributed by atoms with Crippen LogP contribution in [0.4, 0.5) is 18.9 Å². The number of amides is 1. The molecule has 0 fully saturated rings. The number of nitrogens with one attached hydrogen (secondary N) is 1. The van der Waals surface area contributed by atoms with Crippen LogP contribution in [0.3, 0.4) is 0 Å². The van der Waals surface area contributed by atoms with Crippen molar-refractivity contribution < 1.29 is 22.7 Å². The highest BCUT2D eigenvalue weighted by Crippen LogP contribution is 2.34. The number of para-hydroxylation sites is 1. The molecule has 1 N–H and O–H groups in total. The molecule has 0 saturated heterocycles. The molecule has 1 amide bonds. The van der Waals surface area contributed by atoms with Gasteiger partial charge in [0, 0.05) is 5.56 Å². The lowest BCUT2D eigenvalue weighted by molar-refractivity contribution is -0.136. The number of anilines is 1. The van der Waals surface area contributed by atoms with Crippen LogP contribution in [0.2, 0.25) is 0 Å². The molecule has 3 nitrogen and oxygen atoms in total. The molecule has 128 valence electrons. The van der Waals surface area contributed by atoms with Gasteiger partial charge in [0.1, 0.15) is 5.75 Å². The van der Waals surface area contributed by atoms with Crippen LogP contribution in [0.25, 0.3) is 0 Å². The van der Waals surface area contributed by atoms with Crippen molar-refractivity contribution in [3.8, 4) is 5.75 Å². The Hall–Kier alpha value is -2.50. The SMILES string of the molecule is CCCCOc1cccc(C(=O)Nc2ccccc2C(F)(F)F)c1. The Balaban J connectivity index is 2.15. The summed E-state index contributed by atoms with van der Waals surface area (Å²) in [6.45, 7) is 2.56. The maximum atomic E-state index is 13.0. The first-order chi connectivity index (χ1) is 11.4. The van der Waals surface area contributed by atoms with Crippen LogP contribution < -0.4 is 10.1 Å². The molecule has 0 aliphatic carbocycles. The molecule has 0 saturated carbocycles. The second kappa shape index (κ2) is 7.86. The van der Waals surface area contributed by atoms with Crippen LogP contribution in [-0.2, 0) is 6.18 Å². The normalized spacial score (nSPS) is 11.2. The van der Waals surface area contributed by atoms with Crippen LogP contribution in [0.1, 0.15) is 35.7 Å². The van der Waals surface area contributed by atoms with Gasteiger partial charge in [0.25, 0.3) is 5.91 Å². The molecule has 0 aliphatic rings. The number of benzene rings is 2. The minimum Gasteiger partial charge on any atom is -0.494 e. The lowest BCUT2D eigenvalue weighted by atomic mass is 10.1. The molecule has 2 aromatic rings. The van der Waals surface area contributed by atoms with E-state index in [0.29, 0.717) is 12.4 Å². The molecular weight excluding hydrogens is 319 g/mol. The fourth-order valence-electron chi connectivity index (χ4n) is 2.10. The maximum Gasteiger partial charge on any atom is 0.418 e. The van der Waals surface area contributed by atoms with Gasteiger partial charge in [-0.15, -0.1) is 0 Å². The molecule has 0 radical (unpaired) electrons. The summed E-state index contributed by atoms with van der Waals surface area (Å²) < 4.78 is 44.4. The predicted octanol–water partition coefficient (Wildman–Crippen LogP) is 5.14. The molecule has 6 heteroatoms. The smallest absolute Gasteiger partial charge is 0.418 e. The molecular formula is C18H18F3NO2. The first-order valence-corrected chi connectivity index (χ1v) is 7.62. The van der Waals surface area contributed by atoms with Crippen LogP contribution in [0.5, 0.6) is 5.75 Å². The topological polar surface area (TPSA) is 38.3 Å². The zero-order valence-corrected chi connectivity index (χ0v) is 13.2. The largest absolute Gasteiger partial charge is 0.494 e. The molecule has 0 unspecified atom stereocenters. The molecule has 0 atom stereocenters. The molecule has 0 heterocycles. The van der Waals surface area contributed by atoms with Crippen molar-refractivity contribution in [1.82, 2.24) is 0 Å². The second-order valence-electron chi connectivity index (χ2n) is 5.23. The zero-order valence-electron chi connectivity index (χ0n) is 13.2. The van der Waals surface area contributed by atoms with Crippen molar-refractivity contribution in [3.63, 3.8) is 0 Å². The number of carbonyl (C=O) groups excluding carboxylic acids is 1. The average Bonchev–Trinajstić information content (AvgIpc) is 2.55. The summed E-state index contributed by atoms with van der Waals surface area (Å²) in [5, 5.41) is 2.31. The van der Waals surface area contributed by atoms with Crippen molar-refractivity contribution >= 4 is 11.6 Å². The summed E-state index contributed by atoms with van der Waals surface area (Å²) in [4.78, 5) is 12.2. The van der Waals surface area contributed by atoms with Crippen molar-refractivity contribution in [2.75, 3.05) is 11.9 Å². The van der Waals surface area contributed by atoms with Gasteiger partial charge in [-0.2, -0.15) is 13.2 Å². The van der Waals surface area contributed by atoms with Crippen LogP contribution >= 0.6 is 0 Å². The maximum absolute atomic E-state index is 13.0. The van der Waals surface area contributed by atoms with Gasteiger partial charge in [-0.05, 0) is 36.8 Å². The van der Waals surface area contributed by atoms with E-state index in [4.69, 9.17) is 4.74 Å². The molecule has 0 aromatic heterocycles. The number of hydrogen-bond acceptors (Lipinski definition) is 2. The van der Waals surface area contributed by atoms with E-state index >= 15 is 0 Å². The van der Waals surface area contributed by atoms with Gasteiger partial charge in [0.2, 0.25) is 0 Å². The molecule has 2 rings (SSSR count). The Bertz CT molecular complexity index is 699. The van der Waals surface area contributed by atoms with E-state index in [-0.39, 0.29) is 11.3 Å². The standard InChI is InChI=1S/C18H18F3NO2/c1-2-3-11-24-14-8-6-7-13(12-14)17(23)22-16-10-5-4-9-15(16)18(19,20)21/h4-10,12H,2-3,11H2,1H3,(H,22,23). The van der Waals surface area contributed by atoms with Gasteiger partial charge in [-0.3, -0.25) is 4.79 Å². The first-order valence-electron chi connectivity index (χ1n) is 7.62. The van der Waals surface area contributed by atoms with Crippen LogP contribution in [0.15, 0.2) is 48.5 Å². The number of rotatable bonds is 6. The van der Waals surface area contributed by atoms with E-state index in [1.54, 1.807) is 12.1 Å². The predicted molar refractivity (Wildman–Crippen MR) is 86.2 cm³/mol. The van der Waals surface area contributed by atoms with E-state index in [1.807, 2.05) is 6.92 Å². The Morgan fingerprint density at radius 2 is 1.88 bits per heavy atom. The van der Waals surface area contributed by atoms with Gasteiger partial charge in [-0.25, -0.2) is 0 Å². The number of ether oxygens (including phenoxy) is 1. The van der Waals surface area contributed by atoms with E-state index in [2.05, 4.69) is 5.32 Å². The molecule has 24 heavy (non-hydrogen) atoms. The number of carbonyl (C=O) groups is 1. The van der Waals surface area contributed by atoms with E-state index < -0.39 is 17.6 Å². The molecule has 0 spiro atoms. The van der Waals surface area contributed by atoms with Gasteiger partial charge < -0.3 is 10.1 Å². The fraction of sp³-hybridized carbons (Fsp3) is 0.278. The lowest BCUT2D eigenvalue weighted by Gasteiger charge is -2.14. The number of halogens is 3. The fourth-order valence-corrected chi connectivity index (χ4v) is 2.10. The average molecular weight is 337 g/mol. The minimum absolute atomic E-state index is 0.237. The van der Waals surface area contributed by atoms with Gasteiger partial charge in [0.05, 0.1) is 17.9 Å². The first kappa shape index (κ1) is 17.8. The minimum atomic E-state index is -4.53. The third kappa shape index (κ3) is 4.75.